The lowest BCUT2D eigenvalue weighted by Crippen LogP contribution is -2.36. The summed E-state index contributed by atoms with van der Waals surface area (Å²) in [6, 6.07) is 2.54. The fourth-order valence-corrected chi connectivity index (χ4v) is 3.90. The third-order valence-electron chi connectivity index (χ3n) is 4.38. The molecule has 2 rings (SSSR count). The molecule has 1 aliphatic rings. The standard InChI is InChI=1S/C16H22N2O5S/c19-15(20)9-6-12(10-11-4-2-1-3-5-11)17-16(21)13-7-8-14(24-13)18(22)23/h7-8,11-12H,1-6,9-10H2,(H,17,21)(H,19,20). The summed E-state index contributed by atoms with van der Waals surface area (Å²) in [6.45, 7) is 0. The van der Waals surface area contributed by atoms with Gasteiger partial charge < -0.3 is 10.4 Å². The van der Waals surface area contributed by atoms with Crippen molar-refractivity contribution >= 4 is 28.2 Å². The Labute approximate surface area is 144 Å². The van der Waals surface area contributed by atoms with Crippen molar-refractivity contribution < 1.29 is 19.6 Å². The molecular formula is C16H22N2O5S. The van der Waals surface area contributed by atoms with Gasteiger partial charge in [0.2, 0.25) is 0 Å². The molecule has 1 unspecified atom stereocenters. The van der Waals surface area contributed by atoms with Gasteiger partial charge in [0.15, 0.2) is 0 Å². The van der Waals surface area contributed by atoms with Gasteiger partial charge in [0.25, 0.3) is 5.91 Å². The molecular weight excluding hydrogens is 332 g/mol. The van der Waals surface area contributed by atoms with Gasteiger partial charge in [0, 0.05) is 18.5 Å². The molecule has 1 aromatic heterocycles. The van der Waals surface area contributed by atoms with E-state index in [9.17, 15) is 19.7 Å². The lowest BCUT2D eigenvalue weighted by molar-refractivity contribution is -0.380. The number of carbonyl (C=O) groups is 2. The zero-order valence-electron chi connectivity index (χ0n) is 13.4. The second-order valence-electron chi connectivity index (χ2n) is 6.24. The highest BCUT2D eigenvalue weighted by Crippen LogP contribution is 2.29. The fourth-order valence-electron chi connectivity index (χ4n) is 3.18. The van der Waals surface area contributed by atoms with Crippen LogP contribution in [0.2, 0.25) is 0 Å². The first kappa shape index (κ1) is 18.4. The number of carboxylic acid groups (broad SMARTS) is 1. The molecule has 2 N–H and O–H groups in total. The molecule has 1 heterocycles. The average molecular weight is 354 g/mol. The Morgan fingerprint density at radius 3 is 2.62 bits per heavy atom. The van der Waals surface area contributed by atoms with Gasteiger partial charge in [-0.05, 0) is 24.8 Å². The highest BCUT2D eigenvalue weighted by atomic mass is 32.1. The Morgan fingerprint density at radius 1 is 1.33 bits per heavy atom. The number of hydrogen-bond acceptors (Lipinski definition) is 5. The number of rotatable bonds is 8. The number of hydrogen-bond donors (Lipinski definition) is 2. The highest BCUT2D eigenvalue weighted by molar-refractivity contribution is 7.17. The Balaban J connectivity index is 1.97. The predicted octanol–water partition coefficient (Wildman–Crippen LogP) is 3.59. The van der Waals surface area contributed by atoms with Crippen molar-refractivity contribution in [1.82, 2.24) is 5.32 Å². The van der Waals surface area contributed by atoms with Crippen molar-refractivity contribution in [3.8, 4) is 0 Å². The van der Waals surface area contributed by atoms with Crippen LogP contribution in [-0.4, -0.2) is 27.9 Å². The largest absolute Gasteiger partial charge is 0.481 e. The van der Waals surface area contributed by atoms with E-state index in [1.165, 1.54) is 31.4 Å². The third-order valence-corrected chi connectivity index (χ3v) is 5.42. The second-order valence-corrected chi connectivity index (χ2v) is 7.30. The molecule has 1 saturated carbocycles. The smallest absolute Gasteiger partial charge is 0.324 e. The van der Waals surface area contributed by atoms with Gasteiger partial charge in [-0.2, -0.15) is 0 Å². The molecule has 0 radical (unpaired) electrons. The van der Waals surface area contributed by atoms with Gasteiger partial charge in [-0.25, -0.2) is 0 Å². The van der Waals surface area contributed by atoms with Crippen LogP contribution >= 0.6 is 11.3 Å². The molecule has 1 aliphatic carbocycles. The van der Waals surface area contributed by atoms with Gasteiger partial charge in [-0.15, -0.1) is 0 Å². The highest BCUT2D eigenvalue weighted by Gasteiger charge is 2.23. The minimum absolute atomic E-state index is 0.00224. The molecule has 0 spiro atoms. The number of nitrogens with zero attached hydrogens (tertiary/aromatic N) is 1. The molecule has 1 fully saturated rings. The maximum atomic E-state index is 12.3. The van der Waals surface area contributed by atoms with E-state index in [1.54, 1.807) is 0 Å². The number of amides is 1. The normalized spacial score (nSPS) is 16.5. The van der Waals surface area contributed by atoms with Crippen LogP contribution in [0.5, 0.6) is 0 Å². The third kappa shape index (κ3) is 5.59. The number of aliphatic carboxylic acids is 1. The Morgan fingerprint density at radius 2 is 2.04 bits per heavy atom. The Bertz CT molecular complexity index is 595. The van der Waals surface area contributed by atoms with E-state index >= 15 is 0 Å². The molecule has 0 bridgehead atoms. The number of carbonyl (C=O) groups excluding carboxylic acids is 1. The lowest BCUT2D eigenvalue weighted by atomic mass is 9.84. The first-order valence-electron chi connectivity index (χ1n) is 8.22. The van der Waals surface area contributed by atoms with Gasteiger partial charge in [-0.1, -0.05) is 43.4 Å². The van der Waals surface area contributed by atoms with Crippen LogP contribution in [0.1, 0.15) is 61.0 Å². The zero-order chi connectivity index (χ0) is 17.5. The molecule has 132 valence electrons. The average Bonchev–Trinajstić information content (AvgIpc) is 3.04. The van der Waals surface area contributed by atoms with Crippen LogP contribution in [0, 0.1) is 16.0 Å². The first-order valence-corrected chi connectivity index (χ1v) is 9.04. The molecule has 8 heteroatoms. The summed E-state index contributed by atoms with van der Waals surface area (Å²) in [5.74, 6) is -0.737. The van der Waals surface area contributed by atoms with Crippen LogP contribution < -0.4 is 5.32 Å². The van der Waals surface area contributed by atoms with E-state index in [-0.39, 0.29) is 28.2 Å². The summed E-state index contributed by atoms with van der Waals surface area (Å²) in [4.78, 5) is 33.6. The van der Waals surface area contributed by atoms with Gasteiger partial charge >= 0.3 is 11.0 Å². The number of nitrogens with one attached hydrogen (secondary N) is 1. The zero-order valence-corrected chi connectivity index (χ0v) is 14.2. The molecule has 7 nitrogen and oxygen atoms in total. The minimum Gasteiger partial charge on any atom is -0.481 e. The fraction of sp³-hybridized carbons (Fsp3) is 0.625. The minimum atomic E-state index is -0.885. The van der Waals surface area contributed by atoms with Gasteiger partial charge in [-0.3, -0.25) is 19.7 Å². The monoisotopic (exact) mass is 354 g/mol. The van der Waals surface area contributed by atoms with Gasteiger partial charge in [0.1, 0.15) is 0 Å². The van der Waals surface area contributed by atoms with Crippen molar-refractivity contribution in [2.45, 2.75) is 57.4 Å². The second kappa shape index (κ2) is 8.77. The SMILES string of the molecule is O=C(O)CCC(CC1CCCCC1)NC(=O)c1ccc([N+](=O)[O-])s1. The predicted molar refractivity (Wildman–Crippen MR) is 90.3 cm³/mol. The topological polar surface area (TPSA) is 110 Å². The summed E-state index contributed by atoms with van der Waals surface area (Å²) in [5, 5.41) is 22.4. The lowest BCUT2D eigenvalue weighted by Gasteiger charge is -2.27. The van der Waals surface area contributed by atoms with E-state index in [0.29, 0.717) is 12.3 Å². The van der Waals surface area contributed by atoms with Crippen LogP contribution in [0.25, 0.3) is 0 Å². The van der Waals surface area contributed by atoms with E-state index in [2.05, 4.69) is 5.32 Å². The summed E-state index contributed by atoms with van der Waals surface area (Å²) in [5.41, 5.74) is 0. The number of nitro groups is 1. The van der Waals surface area contributed by atoms with Crippen molar-refractivity contribution in [1.29, 1.82) is 0 Å². The van der Waals surface area contributed by atoms with Crippen LogP contribution in [-0.2, 0) is 4.79 Å². The van der Waals surface area contributed by atoms with Crippen molar-refractivity contribution in [2.24, 2.45) is 5.92 Å². The van der Waals surface area contributed by atoms with Crippen LogP contribution in [0.15, 0.2) is 12.1 Å². The summed E-state index contributed by atoms with van der Waals surface area (Å²) in [6.07, 6.45) is 6.98. The van der Waals surface area contributed by atoms with E-state index in [0.717, 1.165) is 30.6 Å². The summed E-state index contributed by atoms with van der Waals surface area (Å²) < 4.78 is 0. The molecule has 1 aromatic rings. The molecule has 0 aromatic carbocycles. The summed E-state index contributed by atoms with van der Waals surface area (Å²) >= 11 is 0.834. The van der Waals surface area contributed by atoms with Crippen molar-refractivity contribution in [2.75, 3.05) is 0 Å². The van der Waals surface area contributed by atoms with E-state index < -0.39 is 10.9 Å². The Hall–Kier alpha value is -1.96. The molecule has 24 heavy (non-hydrogen) atoms. The Kier molecular flexibility index (Phi) is 6.72. The van der Waals surface area contributed by atoms with Crippen LogP contribution in [0.4, 0.5) is 5.00 Å². The molecule has 0 saturated heterocycles. The van der Waals surface area contributed by atoms with Gasteiger partial charge in [0.05, 0.1) is 9.80 Å². The quantitative estimate of drug-likeness (QED) is 0.547. The van der Waals surface area contributed by atoms with Crippen molar-refractivity contribution in [3.05, 3.63) is 27.1 Å². The molecule has 1 amide bonds. The molecule has 0 aliphatic heterocycles. The van der Waals surface area contributed by atoms with Crippen molar-refractivity contribution in [3.63, 3.8) is 0 Å². The first-order chi connectivity index (χ1) is 11.5. The number of thiophene rings is 1. The maximum Gasteiger partial charge on any atom is 0.324 e. The molecule has 1 atom stereocenters. The van der Waals surface area contributed by atoms with E-state index in [4.69, 9.17) is 5.11 Å². The van der Waals surface area contributed by atoms with E-state index in [1.807, 2.05) is 0 Å². The number of carboxylic acids is 1. The maximum absolute atomic E-state index is 12.3. The summed E-state index contributed by atoms with van der Waals surface area (Å²) in [7, 11) is 0. The van der Waals surface area contributed by atoms with Crippen LogP contribution in [0.3, 0.4) is 0 Å².